The van der Waals surface area contributed by atoms with Gasteiger partial charge in [-0.25, -0.2) is 4.39 Å². The van der Waals surface area contributed by atoms with Gasteiger partial charge in [-0.2, -0.15) is 4.39 Å². The lowest BCUT2D eigenvalue weighted by Crippen LogP contribution is -2.36. The van der Waals surface area contributed by atoms with Crippen molar-refractivity contribution in [3.63, 3.8) is 0 Å². The maximum Gasteiger partial charge on any atom is 0.201 e. The molecule has 1 unspecified atom stereocenters. The molecule has 1 aromatic rings. The van der Waals surface area contributed by atoms with Gasteiger partial charge in [0.25, 0.3) is 0 Å². The van der Waals surface area contributed by atoms with Crippen LogP contribution < -0.4 is 4.74 Å². The summed E-state index contributed by atoms with van der Waals surface area (Å²) in [6.45, 7) is 7.34. The Morgan fingerprint density at radius 2 is 1.79 bits per heavy atom. The van der Waals surface area contributed by atoms with Crippen molar-refractivity contribution in [1.29, 1.82) is 0 Å². The summed E-state index contributed by atoms with van der Waals surface area (Å²) in [5, 5.41) is 0. The lowest BCUT2D eigenvalue weighted by molar-refractivity contribution is -0.0690. The van der Waals surface area contributed by atoms with E-state index >= 15 is 0 Å². The van der Waals surface area contributed by atoms with E-state index in [9.17, 15) is 8.78 Å². The lowest BCUT2D eigenvalue weighted by Gasteiger charge is -2.41. The third-order valence-electron chi connectivity index (χ3n) is 6.55. The molecule has 1 fully saturated rings. The van der Waals surface area contributed by atoms with E-state index < -0.39 is 11.6 Å². The molecule has 0 saturated heterocycles. The van der Waals surface area contributed by atoms with Crippen LogP contribution in [0, 0.1) is 23.5 Å². The monoisotopic (exact) mass is 392 g/mol. The van der Waals surface area contributed by atoms with Crippen LogP contribution in [0.1, 0.15) is 77.7 Å². The Hall–Kier alpha value is -1.42. The Morgan fingerprint density at radius 1 is 1.04 bits per heavy atom. The van der Waals surface area contributed by atoms with Crippen molar-refractivity contribution in [3.05, 3.63) is 35.4 Å². The molecule has 4 heteroatoms. The first-order chi connectivity index (χ1) is 13.5. The number of hydrogen-bond acceptors (Lipinski definition) is 2. The second kappa shape index (κ2) is 9.39. The van der Waals surface area contributed by atoms with E-state index in [0.717, 1.165) is 56.6 Å². The first-order valence-electron chi connectivity index (χ1n) is 10.9. The summed E-state index contributed by atoms with van der Waals surface area (Å²) in [5.74, 6) is -0.292. The maximum atomic E-state index is 14.5. The van der Waals surface area contributed by atoms with Crippen LogP contribution >= 0.6 is 0 Å². The van der Waals surface area contributed by atoms with E-state index in [-0.39, 0.29) is 11.4 Å². The number of ether oxygens (including phenoxy) is 2. The van der Waals surface area contributed by atoms with Gasteiger partial charge in [-0.15, -0.1) is 0 Å². The second-order valence-corrected chi connectivity index (χ2v) is 8.57. The van der Waals surface area contributed by atoms with Gasteiger partial charge in [0, 0.05) is 12.2 Å². The van der Waals surface area contributed by atoms with E-state index in [0.29, 0.717) is 18.1 Å². The minimum Gasteiger partial charge on any atom is -0.491 e. The molecule has 0 aliphatic heterocycles. The predicted octanol–water partition coefficient (Wildman–Crippen LogP) is 6.92. The van der Waals surface area contributed by atoms with Crippen molar-refractivity contribution < 1.29 is 18.3 Å². The summed E-state index contributed by atoms with van der Waals surface area (Å²) in [4.78, 5) is 0. The Bertz CT molecular complexity index is 690. The van der Waals surface area contributed by atoms with Crippen molar-refractivity contribution >= 4 is 5.57 Å². The molecular formula is C24H34F2O2. The average Bonchev–Trinajstić information content (AvgIpc) is 2.71. The molecule has 0 spiro atoms. The van der Waals surface area contributed by atoms with Gasteiger partial charge in [-0.3, -0.25) is 0 Å². The molecule has 0 bridgehead atoms. The molecule has 0 heterocycles. The Labute approximate surface area is 168 Å². The standard InChI is InChI=1S/C24H34F2O2/c1-4-16-28-24(3)14-12-18(13-15-24)17-6-8-19(9-7-17)20-10-11-21(27-5-2)23(26)22(20)25/h8,10-11,17-18H,4-7,9,12-16H2,1-3H3. The summed E-state index contributed by atoms with van der Waals surface area (Å²) >= 11 is 0. The van der Waals surface area contributed by atoms with Crippen LogP contribution in [-0.4, -0.2) is 18.8 Å². The zero-order chi connectivity index (χ0) is 20.1. The van der Waals surface area contributed by atoms with Crippen molar-refractivity contribution in [2.45, 2.75) is 77.7 Å². The lowest BCUT2D eigenvalue weighted by atomic mass is 9.70. The van der Waals surface area contributed by atoms with Gasteiger partial charge in [-0.05, 0) is 94.8 Å². The van der Waals surface area contributed by atoms with Crippen LogP contribution in [0.4, 0.5) is 8.78 Å². The Balaban J connectivity index is 1.60. The SMILES string of the molecule is CCCOC1(C)CCC(C2CC=C(c3ccc(OCC)c(F)c3F)CC2)CC1. The number of rotatable bonds is 7. The summed E-state index contributed by atoms with van der Waals surface area (Å²) in [6.07, 6.45) is 10.7. The van der Waals surface area contributed by atoms with Crippen molar-refractivity contribution in [1.82, 2.24) is 0 Å². The molecule has 0 aromatic heterocycles. The van der Waals surface area contributed by atoms with E-state index in [2.05, 4.69) is 19.9 Å². The van der Waals surface area contributed by atoms with Gasteiger partial charge in [0.1, 0.15) is 0 Å². The molecule has 1 saturated carbocycles. The fraction of sp³-hybridized carbons (Fsp3) is 0.667. The molecule has 156 valence electrons. The van der Waals surface area contributed by atoms with Gasteiger partial charge in [0.15, 0.2) is 11.6 Å². The summed E-state index contributed by atoms with van der Waals surface area (Å²) < 4.78 is 39.9. The van der Waals surface area contributed by atoms with Gasteiger partial charge < -0.3 is 9.47 Å². The molecule has 1 atom stereocenters. The van der Waals surface area contributed by atoms with Gasteiger partial charge >= 0.3 is 0 Å². The predicted molar refractivity (Wildman–Crippen MR) is 109 cm³/mol. The third kappa shape index (κ3) is 4.76. The Morgan fingerprint density at radius 3 is 2.39 bits per heavy atom. The van der Waals surface area contributed by atoms with Crippen LogP contribution in [0.2, 0.25) is 0 Å². The van der Waals surface area contributed by atoms with E-state index in [1.54, 1.807) is 19.1 Å². The molecule has 2 nitrogen and oxygen atoms in total. The normalized spacial score (nSPS) is 28.1. The van der Waals surface area contributed by atoms with Gasteiger partial charge in [0.2, 0.25) is 5.82 Å². The molecule has 0 radical (unpaired) electrons. The van der Waals surface area contributed by atoms with Crippen molar-refractivity contribution in [2.24, 2.45) is 11.8 Å². The second-order valence-electron chi connectivity index (χ2n) is 8.57. The van der Waals surface area contributed by atoms with E-state index in [4.69, 9.17) is 9.47 Å². The fourth-order valence-corrected chi connectivity index (χ4v) is 4.79. The van der Waals surface area contributed by atoms with E-state index in [1.165, 1.54) is 12.8 Å². The van der Waals surface area contributed by atoms with E-state index in [1.807, 2.05) is 0 Å². The zero-order valence-corrected chi connectivity index (χ0v) is 17.5. The van der Waals surface area contributed by atoms with Crippen LogP contribution in [0.25, 0.3) is 5.57 Å². The van der Waals surface area contributed by atoms with Gasteiger partial charge in [0.05, 0.1) is 12.2 Å². The van der Waals surface area contributed by atoms with Crippen molar-refractivity contribution in [3.8, 4) is 5.75 Å². The highest BCUT2D eigenvalue weighted by Crippen LogP contribution is 2.44. The van der Waals surface area contributed by atoms with Crippen LogP contribution in [0.5, 0.6) is 5.75 Å². The van der Waals surface area contributed by atoms with Crippen LogP contribution in [0.15, 0.2) is 18.2 Å². The minimum atomic E-state index is -0.874. The highest BCUT2D eigenvalue weighted by molar-refractivity contribution is 5.67. The number of allylic oxidation sites excluding steroid dienone is 2. The quantitative estimate of drug-likeness (QED) is 0.501. The highest BCUT2D eigenvalue weighted by atomic mass is 19.2. The van der Waals surface area contributed by atoms with Gasteiger partial charge in [-0.1, -0.05) is 13.0 Å². The van der Waals surface area contributed by atoms with Crippen molar-refractivity contribution in [2.75, 3.05) is 13.2 Å². The van der Waals surface area contributed by atoms with Crippen LogP contribution in [0.3, 0.4) is 0 Å². The number of benzene rings is 1. The first-order valence-corrected chi connectivity index (χ1v) is 10.9. The van der Waals surface area contributed by atoms with Crippen LogP contribution in [-0.2, 0) is 4.74 Å². The number of halogens is 2. The average molecular weight is 393 g/mol. The third-order valence-corrected chi connectivity index (χ3v) is 6.55. The molecule has 28 heavy (non-hydrogen) atoms. The molecular weight excluding hydrogens is 358 g/mol. The molecule has 2 aliphatic rings. The largest absolute Gasteiger partial charge is 0.491 e. The zero-order valence-electron chi connectivity index (χ0n) is 17.5. The fourth-order valence-electron chi connectivity index (χ4n) is 4.79. The topological polar surface area (TPSA) is 18.5 Å². The minimum absolute atomic E-state index is 0.00594. The molecule has 0 amide bonds. The molecule has 3 rings (SSSR count). The molecule has 1 aromatic carbocycles. The Kier molecular flexibility index (Phi) is 7.14. The summed E-state index contributed by atoms with van der Waals surface area (Å²) in [5.41, 5.74) is 1.37. The number of hydrogen-bond donors (Lipinski definition) is 0. The maximum absolute atomic E-state index is 14.5. The summed E-state index contributed by atoms with van der Waals surface area (Å²) in [7, 11) is 0. The molecule has 0 N–H and O–H groups in total. The smallest absolute Gasteiger partial charge is 0.201 e. The highest BCUT2D eigenvalue weighted by Gasteiger charge is 2.35. The first kappa shape index (κ1) is 21.3. The molecule has 2 aliphatic carbocycles. The summed E-state index contributed by atoms with van der Waals surface area (Å²) in [6, 6.07) is 3.20.